The lowest BCUT2D eigenvalue weighted by molar-refractivity contribution is 0.0958. The molecule has 0 radical (unpaired) electrons. The van der Waals surface area contributed by atoms with Gasteiger partial charge in [0, 0.05) is 21.3 Å². The number of sulfonamides is 1. The Morgan fingerprint density at radius 1 is 1.14 bits per heavy atom. The highest BCUT2D eigenvalue weighted by Crippen LogP contribution is 2.32. The molecule has 146 valence electrons. The van der Waals surface area contributed by atoms with Crippen molar-refractivity contribution < 1.29 is 13.2 Å². The molecule has 0 unspecified atom stereocenters. The van der Waals surface area contributed by atoms with Gasteiger partial charge < -0.3 is 0 Å². The van der Waals surface area contributed by atoms with E-state index in [1.54, 1.807) is 28.8 Å². The van der Waals surface area contributed by atoms with Crippen LogP contribution in [-0.2, 0) is 10.0 Å². The number of hydrazine groups is 1. The number of thiazole rings is 1. The highest BCUT2D eigenvalue weighted by molar-refractivity contribution is 9.10. The molecule has 11 heteroatoms. The van der Waals surface area contributed by atoms with Crippen LogP contribution in [0.3, 0.4) is 0 Å². The Bertz CT molecular complexity index is 1100. The van der Waals surface area contributed by atoms with Gasteiger partial charge in [0.05, 0.1) is 15.5 Å². The quantitative estimate of drug-likeness (QED) is 0.429. The van der Waals surface area contributed by atoms with E-state index >= 15 is 0 Å². The molecule has 2 aromatic heterocycles. The summed E-state index contributed by atoms with van der Waals surface area (Å²) in [5, 5.41) is 4.43. The molecule has 3 aromatic rings. The molecule has 1 saturated carbocycles. The summed E-state index contributed by atoms with van der Waals surface area (Å²) in [6.07, 6.45) is 1.76. The molecule has 0 bridgehead atoms. The smallest absolute Gasteiger partial charge is 0.289 e. The number of carbonyl (C=O) groups excluding carboxylic acids is 1. The molecule has 0 saturated heterocycles. The monoisotopic (exact) mass is 498 g/mol. The minimum atomic E-state index is -3.49. The van der Waals surface area contributed by atoms with Crippen LogP contribution >= 0.6 is 38.6 Å². The maximum atomic E-state index is 12.3. The summed E-state index contributed by atoms with van der Waals surface area (Å²) in [6, 6.07) is 8.19. The largest absolute Gasteiger partial charge is 0.298 e. The van der Waals surface area contributed by atoms with Crippen LogP contribution in [-0.4, -0.2) is 25.4 Å². The molecule has 4 rings (SSSR count). The van der Waals surface area contributed by atoms with E-state index in [1.165, 1.54) is 23.5 Å². The fourth-order valence-corrected chi connectivity index (χ4v) is 5.93. The Labute approximate surface area is 178 Å². The van der Waals surface area contributed by atoms with E-state index in [4.69, 9.17) is 0 Å². The fraction of sp³-hybridized carbons (Fsp3) is 0.176. The van der Waals surface area contributed by atoms with Crippen LogP contribution in [0, 0.1) is 0 Å². The molecule has 28 heavy (non-hydrogen) atoms. The van der Waals surface area contributed by atoms with Crippen LogP contribution in [0.4, 0.5) is 5.69 Å². The first-order valence-corrected chi connectivity index (χ1v) is 12.3. The lowest BCUT2D eigenvalue weighted by atomic mass is 10.3. The van der Waals surface area contributed by atoms with E-state index in [0.29, 0.717) is 11.4 Å². The zero-order valence-electron chi connectivity index (χ0n) is 14.3. The first-order chi connectivity index (χ1) is 13.4. The third-order valence-electron chi connectivity index (χ3n) is 3.90. The predicted molar refractivity (Wildman–Crippen MR) is 114 cm³/mol. The van der Waals surface area contributed by atoms with Crippen molar-refractivity contribution in [3.63, 3.8) is 0 Å². The van der Waals surface area contributed by atoms with Crippen molar-refractivity contribution in [2.75, 3.05) is 5.43 Å². The van der Waals surface area contributed by atoms with Gasteiger partial charge in [0.15, 0.2) is 0 Å². The molecule has 1 aliphatic carbocycles. The Morgan fingerprint density at radius 3 is 2.54 bits per heavy atom. The minimum Gasteiger partial charge on any atom is -0.298 e. The number of thiophene rings is 1. The van der Waals surface area contributed by atoms with Gasteiger partial charge in [-0.25, -0.2) is 18.1 Å². The fourth-order valence-electron chi connectivity index (χ4n) is 2.32. The Balaban J connectivity index is 1.36. The van der Waals surface area contributed by atoms with Gasteiger partial charge >= 0.3 is 0 Å². The van der Waals surface area contributed by atoms with Crippen LogP contribution < -0.4 is 15.6 Å². The topological polar surface area (TPSA) is 100 Å². The van der Waals surface area contributed by atoms with Gasteiger partial charge in [-0.1, -0.05) is 0 Å². The van der Waals surface area contributed by atoms with Crippen molar-refractivity contribution in [1.82, 2.24) is 15.1 Å². The van der Waals surface area contributed by atoms with Crippen molar-refractivity contribution in [3.05, 3.63) is 51.3 Å². The number of anilines is 1. The molecule has 1 amide bonds. The summed E-state index contributed by atoms with van der Waals surface area (Å²) in [4.78, 5) is 17.8. The Hall–Kier alpha value is -1.79. The highest BCUT2D eigenvalue weighted by atomic mass is 79.9. The molecule has 0 spiro atoms. The summed E-state index contributed by atoms with van der Waals surface area (Å²) in [7, 11) is -3.49. The number of hydrogen-bond acceptors (Lipinski definition) is 7. The van der Waals surface area contributed by atoms with Crippen LogP contribution in [0.5, 0.6) is 0 Å². The van der Waals surface area contributed by atoms with Crippen molar-refractivity contribution in [1.29, 1.82) is 0 Å². The predicted octanol–water partition coefficient (Wildman–Crippen LogP) is 3.83. The number of amides is 1. The maximum absolute atomic E-state index is 12.3. The minimum absolute atomic E-state index is 0.0559. The number of aromatic nitrogens is 1. The van der Waals surface area contributed by atoms with E-state index in [9.17, 15) is 13.2 Å². The van der Waals surface area contributed by atoms with Gasteiger partial charge in [-0.05, 0) is 59.1 Å². The number of halogens is 1. The Morgan fingerprint density at radius 2 is 1.89 bits per heavy atom. The first kappa shape index (κ1) is 19.5. The number of rotatable bonds is 7. The standard InChI is InChI=1S/C17H15BrN4O3S3/c18-10-7-15(26-8-10)17-19-14(9-27-17)16(23)21-20-11-3-5-13(6-4-11)28(24,25)22-12-1-2-12/h3-9,12,20,22H,1-2H2,(H,21,23). The van der Waals surface area contributed by atoms with Crippen molar-refractivity contribution in [3.8, 4) is 9.88 Å². The summed E-state index contributed by atoms with van der Waals surface area (Å²) in [6.45, 7) is 0. The van der Waals surface area contributed by atoms with Crippen LogP contribution in [0.25, 0.3) is 9.88 Å². The van der Waals surface area contributed by atoms with Gasteiger partial charge in [0.1, 0.15) is 10.7 Å². The molecule has 0 atom stereocenters. The Kier molecular flexibility index (Phi) is 5.52. The second-order valence-corrected chi connectivity index (χ2v) is 10.6. The summed E-state index contributed by atoms with van der Waals surface area (Å²) >= 11 is 6.35. The normalized spacial score (nSPS) is 14.0. The molecule has 3 N–H and O–H groups in total. The number of carbonyl (C=O) groups is 1. The molecule has 7 nitrogen and oxygen atoms in total. The number of nitrogens with zero attached hydrogens (tertiary/aromatic N) is 1. The van der Waals surface area contributed by atoms with E-state index < -0.39 is 10.0 Å². The molecule has 0 aliphatic heterocycles. The highest BCUT2D eigenvalue weighted by Gasteiger charge is 2.27. The average Bonchev–Trinajstić information content (AvgIpc) is 3.16. The number of nitrogens with one attached hydrogen (secondary N) is 3. The third kappa shape index (κ3) is 4.61. The number of benzene rings is 1. The van der Waals surface area contributed by atoms with Crippen LogP contribution in [0.1, 0.15) is 23.3 Å². The van der Waals surface area contributed by atoms with Gasteiger partial charge in [0.2, 0.25) is 10.0 Å². The van der Waals surface area contributed by atoms with Crippen molar-refractivity contribution in [2.45, 2.75) is 23.8 Å². The van der Waals surface area contributed by atoms with Crippen molar-refractivity contribution in [2.24, 2.45) is 0 Å². The molecule has 1 aliphatic rings. The summed E-state index contributed by atoms with van der Waals surface area (Å²) in [5.41, 5.74) is 6.22. The lowest BCUT2D eigenvalue weighted by Crippen LogP contribution is -2.29. The first-order valence-electron chi connectivity index (χ1n) is 8.29. The van der Waals surface area contributed by atoms with E-state index in [0.717, 1.165) is 27.2 Å². The van der Waals surface area contributed by atoms with Crippen molar-refractivity contribution >= 4 is 60.2 Å². The maximum Gasteiger partial charge on any atom is 0.289 e. The SMILES string of the molecule is O=C(NNc1ccc(S(=O)(=O)NC2CC2)cc1)c1csc(-c2cc(Br)cs2)n1. The van der Waals surface area contributed by atoms with E-state index in [-0.39, 0.29) is 16.8 Å². The molecular weight excluding hydrogens is 484 g/mol. The van der Waals surface area contributed by atoms with Crippen LogP contribution in [0.15, 0.2) is 50.5 Å². The third-order valence-corrected chi connectivity index (χ3v) is 8.14. The zero-order chi connectivity index (χ0) is 19.7. The van der Waals surface area contributed by atoms with Gasteiger partial charge in [-0.3, -0.25) is 15.6 Å². The second-order valence-electron chi connectivity index (χ2n) is 6.17. The van der Waals surface area contributed by atoms with E-state index in [1.807, 2.05) is 11.4 Å². The average molecular weight is 499 g/mol. The molecule has 1 fully saturated rings. The van der Waals surface area contributed by atoms with E-state index in [2.05, 4.69) is 36.5 Å². The molecule has 2 heterocycles. The molecule has 1 aromatic carbocycles. The molecular formula is C17H15BrN4O3S3. The van der Waals surface area contributed by atoms with Crippen LogP contribution in [0.2, 0.25) is 0 Å². The van der Waals surface area contributed by atoms with Gasteiger partial charge in [-0.15, -0.1) is 22.7 Å². The van der Waals surface area contributed by atoms with Gasteiger partial charge in [-0.2, -0.15) is 0 Å². The number of hydrogen-bond donors (Lipinski definition) is 3. The second kappa shape index (κ2) is 7.91. The zero-order valence-corrected chi connectivity index (χ0v) is 18.3. The summed E-state index contributed by atoms with van der Waals surface area (Å²) in [5.74, 6) is -0.370. The lowest BCUT2D eigenvalue weighted by Gasteiger charge is -2.09. The van der Waals surface area contributed by atoms with Gasteiger partial charge in [0.25, 0.3) is 5.91 Å². The summed E-state index contributed by atoms with van der Waals surface area (Å²) < 4.78 is 27.9.